The molecule has 1 saturated heterocycles. The lowest BCUT2D eigenvalue weighted by Gasteiger charge is -2.07. The second-order valence-electron chi connectivity index (χ2n) is 5.62. The third kappa shape index (κ3) is 3.48. The molecule has 1 atom stereocenters. The van der Waals surface area contributed by atoms with Gasteiger partial charge >= 0.3 is 0 Å². The van der Waals surface area contributed by atoms with E-state index in [2.05, 4.69) is 26.0 Å². The van der Waals surface area contributed by atoms with Gasteiger partial charge in [0, 0.05) is 16.4 Å². The molecule has 1 N–H and O–H groups in total. The zero-order valence-electron chi connectivity index (χ0n) is 12.5. The number of aryl methyl sites for hydroxylation is 1. The molecule has 23 heavy (non-hydrogen) atoms. The predicted molar refractivity (Wildman–Crippen MR) is 93.5 cm³/mol. The van der Waals surface area contributed by atoms with E-state index in [9.17, 15) is 13.2 Å². The van der Waals surface area contributed by atoms with Crippen molar-refractivity contribution < 1.29 is 8.42 Å². The first-order valence-electron chi connectivity index (χ1n) is 7.17. The fourth-order valence-electron chi connectivity index (χ4n) is 2.67. The van der Waals surface area contributed by atoms with Gasteiger partial charge < -0.3 is 0 Å². The quantitative estimate of drug-likeness (QED) is 0.806. The molecule has 0 unspecified atom stereocenters. The lowest BCUT2D eigenvalue weighted by Crippen LogP contribution is -2.25. The van der Waals surface area contributed by atoms with Crippen LogP contribution in [0.4, 0.5) is 5.69 Å². The number of nitrogens with one attached hydrogen (secondary N) is 1. The Morgan fingerprint density at radius 2 is 2.22 bits per heavy atom. The van der Waals surface area contributed by atoms with Crippen LogP contribution in [0.1, 0.15) is 23.7 Å². The number of aromatic nitrogens is 2. The Labute approximate surface area is 142 Å². The van der Waals surface area contributed by atoms with Gasteiger partial charge in [-0.3, -0.25) is 14.9 Å². The highest BCUT2D eigenvalue weighted by molar-refractivity contribution is 9.10. The van der Waals surface area contributed by atoms with Gasteiger partial charge in [-0.05, 0) is 31.5 Å². The van der Waals surface area contributed by atoms with Crippen LogP contribution in [0.25, 0.3) is 0 Å². The van der Waals surface area contributed by atoms with Crippen LogP contribution in [0.5, 0.6) is 0 Å². The number of halogens is 1. The normalized spacial score (nSPS) is 20.3. The Morgan fingerprint density at radius 3 is 2.87 bits per heavy atom. The van der Waals surface area contributed by atoms with Crippen LogP contribution in [0.2, 0.25) is 0 Å². The molecule has 0 radical (unpaired) electrons. The maximum atomic E-state index is 12.5. The number of nitrogens with zero attached hydrogens (tertiary/aromatic N) is 2. The third-order valence-corrected chi connectivity index (χ3v) is 6.11. The number of benzene rings is 1. The van der Waals surface area contributed by atoms with Crippen molar-refractivity contribution in [3.05, 3.63) is 50.3 Å². The van der Waals surface area contributed by atoms with Crippen LogP contribution < -0.4 is 5.56 Å². The van der Waals surface area contributed by atoms with Crippen molar-refractivity contribution in [3.8, 4) is 0 Å². The first kappa shape index (κ1) is 16.2. The van der Waals surface area contributed by atoms with Crippen LogP contribution in [0, 0.1) is 6.92 Å². The van der Waals surface area contributed by atoms with Crippen LogP contribution in [-0.2, 0) is 9.84 Å². The van der Waals surface area contributed by atoms with E-state index in [1.165, 1.54) is 10.9 Å². The highest BCUT2D eigenvalue weighted by Crippen LogP contribution is 2.22. The van der Waals surface area contributed by atoms with E-state index in [1.807, 2.05) is 24.3 Å². The summed E-state index contributed by atoms with van der Waals surface area (Å²) in [6.07, 6.45) is 1.99. The monoisotopic (exact) mass is 397 g/mol. The Kier molecular flexibility index (Phi) is 4.29. The van der Waals surface area contributed by atoms with Gasteiger partial charge in [0.1, 0.15) is 0 Å². The molecule has 1 aromatic heterocycles. The summed E-state index contributed by atoms with van der Waals surface area (Å²) in [5.74, 6) is 0.138. The highest BCUT2D eigenvalue weighted by Gasteiger charge is 2.31. The van der Waals surface area contributed by atoms with Gasteiger partial charge in [-0.2, -0.15) is 0 Å². The van der Waals surface area contributed by atoms with Gasteiger partial charge in [0.15, 0.2) is 9.84 Å². The molecule has 1 fully saturated rings. The predicted octanol–water partition coefficient (Wildman–Crippen LogP) is 2.36. The van der Waals surface area contributed by atoms with E-state index in [-0.39, 0.29) is 23.1 Å². The first-order valence-corrected chi connectivity index (χ1v) is 9.78. The van der Waals surface area contributed by atoms with Crippen molar-refractivity contribution in [2.45, 2.75) is 19.4 Å². The molecule has 2 heterocycles. The van der Waals surface area contributed by atoms with Gasteiger partial charge in [0.2, 0.25) is 0 Å². The number of sulfone groups is 1. The van der Waals surface area contributed by atoms with Crippen LogP contribution in [0.15, 0.2) is 38.5 Å². The molecule has 0 amide bonds. The molecule has 122 valence electrons. The maximum absolute atomic E-state index is 12.5. The van der Waals surface area contributed by atoms with E-state index >= 15 is 0 Å². The molecule has 0 bridgehead atoms. The number of H-pyrrole nitrogens is 1. The van der Waals surface area contributed by atoms with E-state index in [1.54, 1.807) is 6.92 Å². The van der Waals surface area contributed by atoms with E-state index in [0.717, 1.165) is 10.2 Å². The average molecular weight is 398 g/mol. The molecule has 0 aliphatic carbocycles. The topological polar surface area (TPSA) is 84.3 Å². The van der Waals surface area contributed by atoms with Crippen molar-refractivity contribution in [2.75, 3.05) is 11.5 Å². The standard InChI is InChI=1S/C15H16BrN3O3S/c1-10-14(8-17-12-4-2-3-11(16)7-12)15(20)19(18-10)13-5-6-23(21,22)9-13/h2-4,7-8,13,18H,5-6,9H2,1H3/t13-/m1/s1. The molecule has 6 nitrogen and oxygen atoms in total. The highest BCUT2D eigenvalue weighted by atomic mass is 79.9. The summed E-state index contributed by atoms with van der Waals surface area (Å²) < 4.78 is 25.5. The molecule has 0 spiro atoms. The van der Waals surface area contributed by atoms with Gasteiger partial charge in [-0.15, -0.1) is 0 Å². The molecule has 1 aromatic carbocycles. The smallest absolute Gasteiger partial charge is 0.275 e. The number of hydrogen-bond donors (Lipinski definition) is 1. The molecular formula is C15H16BrN3O3S. The average Bonchev–Trinajstić information content (AvgIpc) is 2.97. The zero-order chi connectivity index (χ0) is 16.6. The van der Waals surface area contributed by atoms with Gasteiger partial charge in [-0.25, -0.2) is 13.1 Å². The molecule has 8 heteroatoms. The summed E-state index contributed by atoms with van der Waals surface area (Å²) in [4.78, 5) is 16.8. The molecule has 2 aromatic rings. The number of rotatable bonds is 3. The minimum Gasteiger partial charge on any atom is -0.299 e. The number of hydrogen-bond acceptors (Lipinski definition) is 4. The van der Waals surface area contributed by atoms with Gasteiger partial charge in [0.05, 0.1) is 28.8 Å². The molecule has 1 aliphatic rings. The molecule has 3 rings (SSSR count). The van der Waals surface area contributed by atoms with E-state index in [0.29, 0.717) is 17.7 Å². The van der Waals surface area contributed by atoms with Crippen LogP contribution >= 0.6 is 15.9 Å². The van der Waals surface area contributed by atoms with E-state index < -0.39 is 9.84 Å². The maximum Gasteiger partial charge on any atom is 0.275 e. The summed E-state index contributed by atoms with van der Waals surface area (Å²) in [5.41, 5.74) is 1.63. The van der Waals surface area contributed by atoms with Crippen LogP contribution in [0.3, 0.4) is 0 Å². The Morgan fingerprint density at radius 1 is 1.43 bits per heavy atom. The first-order chi connectivity index (χ1) is 10.9. The molecular weight excluding hydrogens is 382 g/mol. The van der Waals surface area contributed by atoms with Crippen molar-refractivity contribution in [1.29, 1.82) is 0 Å². The zero-order valence-corrected chi connectivity index (χ0v) is 14.9. The fraction of sp³-hybridized carbons (Fsp3) is 0.333. The summed E-state index contributed by atoms with van der Waals surface area (Å²) in [7, 11) is -3.04. The summed E-state index contributed by atoms with van der Waals surface area (Å²) in [6, 6.07) is 7.13. The largest absolute Gasteiger partial charge is 0.299 e. The fourth-order valence-corrected chi connectivity index (χ4v) is 4.75. The second-order valence-corrected chi connectivity index (χ2v) is 8.76. The summed E-state index contributed by atoms with van der Waals surface area (Å²) in [6.45, 7) is 1.78. The Balaban J connectivity index is 1.91. The minimum atomic E-state index is -3.04. The van der Waals surface area contributed by atoms with Gasteiger partial charge in [0.25, 0.3) is 5.56 Å². The second kappa shape index (κ2) is 6.09. The van der Waals surface area contributed by atoms with Crippen molar-refractivity contribution >= 4 is 37.7 Å². The van der Waals surface area contributed by atoms with E-state index in [4.69, 9.17) is 0 Å². The van der Waals surface area contributed by atoms with Gasteiger partial charge in [-0.1, -0.05) is 22.0 Å². The van der Waals surface area contributed by atoms with Crippen molar-refractivity contribution in [1.82, 2.24) is 9.78 Å². The number of aliphatic imine (C=N–C) groups is 1. The molecule has 1 aliphatic heterocycles. The SMILES string of the molecule is Cc1[nH]n([C@@H]2CCS(=O)(=O)C2)c(=O)c1C=Nc1cccc(Br)c1. The van der Waals surface area contributed by atoms with Crippen molar-refractivity contribution in [3.63, 3.8) is 0 Å². The van der Waals surface area contributed by atoms with Crippen LogP contribution in [-0.4, -0.2) is 35.9 Å². The lowest BCUT2D eigenvalue weighted by atomic mass is 10.2. The molecule has 0 saturated carbocycles. The Bertz CT molecular complexity index is 928. The van der Waals surface area contributed by atoms with Crippen molar-refractivity contribution in [2.24, 2.45) is 4.99 Å². The summed E-state index contributed by atoms with van der Waals surface area (Å²) >= 11 is 3.37. The lowest BCUT2D eigenvalue weighted by molar-refractivity contribution is 0.483. The number of aromatic amines is 1. The minimum absolute atomic E-state index is 0.00900. The summed E-state index contributed by atoms with van der Waals surface area (Å²) in [5, 5.41) is 2.98. The Hall–Kier alpha value is -1.67. The third-order valence-electron chi connectivity index (χ3n) is 3.87.